The smallest absolute Gasteiger partial charge is 0.312 e. The molecule has 0 bridgehead atoms. The number of carbonyl (C=O) groups is 2. The lowest BCUT2D eigenvalue weighted by molar-refractivity contribution is -0.128. The van der Waals surface area contributed by atoms with Gasteiger partial charge in [0.2, 0.25) is 5.91 Å². The lowest BCUT2D eigenvalue weighted by Gasteiger charge is -2.29. The van der Waals surface area contributed by atoms with E-state index in [1.54, 1.807) is 0 Å². The van der Waals surface area contributed by atoms with Gasteiger partial charge in [0.1, 0.15) is 5.41 Å². The molecule has 0 saturated heterocycles. The first-order valence-electron chi connectivity index (χ1n) is 6.82. The minimum absolute atomic E-state index is 0.0419. The van der Waals surface area contributed by atoms with Crippen molar-refractivity contribution in [1.29, 1.82) is 0 Å². The highest BCUT2D eigenvalue weighted by Crippen LogP contribution is 2.35. The van der Waals surface area contributed by atoms with Crippen molar-refractivity contribution in [2.24, 2.45) is 22.0 Å². The largest absolute Gasteiger partial charge is 0.409 e. The Kier molecular flexibility index (Phi) is 6.08. The molecule has 1 saturated carbocycles. The van der Waals surface area contributed by atoms with Crippen molar-refractivity contribution >= 4 is 17.8 Å². The SMILES string of the molecule is NC(=O)NCCNC(=O)C1(C(N)=NO)CCCCCC1. The number of amides is 3. The molecule has 0 aliphatic heterocycles. The summed E-state index contributed by atoms with van der Waals surface area (Å²) in [4.78, 5) is 22.9. The summed E-state index contributed by atoms with van der Waals surface area (Å²) in [7, 11) is 0. The molecule has 114 valence electrons. The summed E-state index contributed by atoms with van der Waals surface area (Å²) >= 11 is 0. The molecule has 0 aromatic heterocycles. The highest BCUT2D eigenvalue weighted by atomic mass is 16.4. The predicted molar refractivity (Wildman–Crippen MR) is 74.1 cm³/mol. The van der Waals surface area contributed by atoms with E-state index >= 15 is 0 Å². The van der Waals surface area contributed by atoms with E-state index in [4.69, 9.17) is 16.7 Å². The molecule has 1 aliphatic rings. The molecule has 20 heavy (non-hydrogen) atoms. The molecule has 8 heteroatoms. The Labute approximate surface area is 117 Å². The van der Waals surface area contributed by atoms with Crippen LogP contribution in [0.5, 0.6) is 0 Å². The summed E-state index contributed by atoms with van der Waals surface area (Å²) in [6, 6.07) is -0.639. The van der Waals surface area contributed by atoms with Gasteiger partial charge in [-0.3, -0.25) is 4.79 Å². The Hall–Kier alpha value is -1.99. The van der Waals surface area contributed by atoms with Crippen molar-refractivity contribution < 1.29 is 14.8 Å². The molecule has 0 atom stereocenters. The first kappa shape index (κ1) is 16.1. The molecule has 0 radical (unpaired) electrons. The molecule has 8 nitrogen and oxygen atoms in total. The van der Waals surface area contributed by atoms with Crippen LogP contribution in [0.25, 0.3) is 0 Å². The number of carbonyl (C=O) groups excluding carboxylic acids is 2. The molecule has 0 aromatic carbocycles. The number of primary amides is 1. The lowest BCUT2D eigenvalue weighted by atomic mass is 9.78. The fourth-order valence-electron chi connectivity index (χ4n) is 2.56. The zero-order chi connectivity index (χ0) is 15.0. The fraction of sp³-hybridized carbons (Fsp3) is 0.750. The van der Waals surface area contributed by atoms with Gasteiger partial charge in [0.05, 0.1) is 0 Å². The molecular weight excluding hydrogens is 262 g/mol. The number of amidine groups is 1. The van der Waals surface area contributed by atoms with E-state index in [9.17, 15) is 9.59 Å². The van der Waals surface area contributed by atoms with Crippen LogP contribution in [0.3, 0.4) is 0 Å². The van der Waals surface area contributed by atoms with Crippen molar-refractivity contribution in [3.05, 3.63) is 0 Å². The third-order valence-corrected chi connectivity index (χ3v) is 3.70. The molecule has 0 spiro atoms. The second-order valence-electron chi connectivity index (χ2n) is 5.03. The monoisotopic (exact) mass is 285 g/mol. The Morgan fingerprint density at radius 3 is 2.10 bits per heavy atom. The number of rotatable bonds is 5. The van der Waals surface area contributed by atoms with Gasteiger partial charge in [-0.1, -0.05) is 30.8 Å². The minimum atomic E-state index is -0.946. The van der Waals surface area contributed by atoms with Crippen LogP contribution in [0, 0.1) is 5.41 Å². The van der Waals surface area contributed by atoms with Gasteiger partial charge in [0, 0.05) is 13.1 Å². The van der Waals surface area contributed by atoms with Gasteiger partial charge in [-0.25, -0.2) is 4.79 Å². The summed E-state index contributed by atoms with van der Waals surface area (Å²) in [6.07, 6.45) is 4.94. The number of hydrogen-bond donors (Lipinski definition) is 5. The van der Waals surface area contributed by atoms with Crippen LogP contribution >= 0.6 is 0 Å². The van der Waals surface area contributed by atoms with E-state index in [-0.39, 0.29) is 24.8 Å². The van der Waals surface area contributed by atoms with Crippen molar-refractivity contribution in [2.45, 2.75) is 38.5 Å². The third kappa shape index (κ3) is 4.01. The first-order chi connectivity index (χ1) is 9.53. The number of hydrogen-bond acceptors (Lipinski definition) is 4. The Balaban J connectivity index is 2.67. The number of nitrogens with two attached hydrogens (primary N) is 2. The number of urea groups is 1. The molecule has 1 rings (SSSR count). The van der Waals surface area contributed by atoms with Crippen LogP contribution in [0.1, 0.15) is 38.5 Å². The van der Waals surface area contributed by atoms with Crippen LogP contribution < -0.4 is 22.1 Å². The summed E-state index contributed by atoms with van der Waals surface area (Å²) in [5, 5.41) is 17.1. The average molecular weight is 285 g/mol. The van der Waals surface area contributed by atoms with Crippen LogP contribution in [0.2, 0.25) is 0 Å². The highest BCUT2D eigenvalue weighted by Gasteiger charge is 2.42. The molecule has 0 aromatic rings. The molecular formula is C12H23N5O3. The Morgan fingerprint density at radius 2 is 1.60 bits per heavy atom. The van der Waals surface area contributed by atoms with E-state index < -0.39 is 11.4 Å². The van der Waals surface area contributed by atoms with Gasteiger partial charge in [0.15, 0.2) is 5.84 Å². The summed E-state index contributed by atoms with van der Waals surface area (Å²) in [5.74, 6) is -0.305. The minimum Gasteiger partial charge on any atom is -0.409 e. The highest BCUT2D eigenvalue weighted by molar-refractivity contribution is 6.06. The van der Waals surface area contributed by atoms with E-state index in [1.807, 2.05) is 0 Å². The maximum atomic E-state index is 12.4. The van der Waals surface area contributed by atoms with Crippen LogP contribution in [0.15, 0.2) is 5.16 Å². The van der Waals surface area contributed by atoms with Crippen molar-refractivity contribution in [2.75, 3.05) is 13.1 Å². The van der Waals surface area contributed by atoms with Gasteiger partial charge in [0.25, 0.3) is 0 Å². The average Bonchev–Trinajstić information content (AvgIpc) is 2.69. The van der Waals surface area contributed by atoms with E-state index in [1.165, 1.54) is 0 Å². The first-order valence-corrected chi connectivity index (χ1v) is 6.82. The summed E-state index contributed by atoms with van der Waals surface area (Å²) < 4.78 is 0. The summed E-state index contributed by atoms with van der Waals surface area (Å²) in [6.45, 7) is 0.496. The zero-order valence-corrected chi connectivity index (χ0v) is 11.5. The van der Waals surface area contributed by atoms with Crippen LogP contribution in [0.4, 0.5) is 4.79 Å². The van der Waals surface area contributed by atoms with Gasteiger partial charge in [-0.2, -0.15) is 0 Å². The van der Waals surface area contributed by atoms with Crippen LogP contribution in [-0.4, -0.2) is 36.1 Å². The molecule has 1 fully saturated rings. The van der Waals surface area contributed by atoms with Gasteiger partial charge >= 0.3 is 6.03 Å². The zero-order valence-electron chi connectivity index (χ0n) is 11.5. The van der Waals surface area contributed by atoms with Gasteiger partial charge < -0.3 is 27.3 Å². The number of oxime groups is 1. The lowest BCUT2D eigenvalue weighted by Crippen LogP contribution is -2.51. The Morgan fingerprint density at radius 1 is 1.05 bits per heavy atom. The topological polar surface area (TPSA) is 143 Å². The van der Waals surface area contributed by atoms with E-state index in [0.29, 0.717) is 12.8 Å². The molecule has 3 amide bonds. The molecule has 0 unspecified atom stereocenters. The molecule has 0 heterocycles. The quantitative estimate of drug-likeness (QED) is 0.120. The second-order valence-corrected chi connectivity index (χ2v) is 5.03. The van der Waals surface area contributed by atoms with E-state index in [0.717, 1.165) is 25.7 Å². The maximum Gasteiger partial charge on any atom is 0.312 e. The molecule has 7 N–H and O–H groups in total. The second kappa shape index (κ2) is 7.56. The van der Waals surface area contributed by atoms with Gasteiger partial charge in [-0.15, -0.1) is 0 Å². The van der Waals surface area contributed by atoms with Crippen LogP contribution in [-0.2, 0) is 4.79 Å². The van der Waals surface area contributed by atoms with E-state index in [2.05, 4.69) is 15.8 Å². The fourth-order valence-corrected chi connectivity index (χ4v) is 2.56. The number of nitrogens with one attached hydrogen (secondary N) is 2. The predicted octanol–water partition coefficient (Wildman–Crippen LogP) is -0.142. The van der Waals surface area contributed by atoms with Gasteiger partial charge in [-0.05, 0) is 12.8 Å². The maximum absolute atomic E-state index is 12.4. The third-order valence-electron chi connectivity index (χ3n) is 3.70. The van der Waals surface area contributed by atoms with Crippen molar-refractivity contribution in [3.8, 4) is 0 Å². The number of nitrogens with zero attached hydrogens (tertiary/aromatic N) is 1. The standard InChI is InChI=1S/C12H23N5O3/c13-9(17-20)12(5-3-1-2-4-6-12)10(18)15-7-8-16-11(14)19/h20H,1-8H2,(H2,13,17)(H,15,18)(H3,14,16,19). The van der Waals surface area contributed by atoms with Crippen molar-refractivity contribution in [1.82, 2.24) is 10.6 Å². The summed E-state index contributed by atoms with van der Waals surface area (Å²) in [5.41, 5.74) is 9.74. The Bertz CT molecular complexity index is 375. The normalized spacial score (nSPS) is 18.9. The van der Waals surface area contributed by atoms with Crippen molar-refractivity contribution in [3.63, 3.8) is 0 Å². The molecule has 1 aliphatic carbocycles.